The average molecular weight is 305 g/mol. The zero-order chi connectivity index (χ0) is 13.1. The lowest BCUT2D eigenvalue weighted by molar-refractivity contribution is 0.877. The van der Waals surface area contributed by atoms with E-state index in [1.807, 2.05) is 26.0 Å². The lowest BCUT2D eigenvalue weighted by Crippen LogP contribution is -2.08. The number of nitrogens with one attached hydrogen (secondary N) is 1. The number of hydrogen-bond donors (Lipinski definition) is 1. The first-order valence-corrected chi connectivity index (χ1v) is 6.82. The molecule has 2 rings (SSSR count). The molecule has 0 radical (unpaired) electrons. The molecule has 0 amide bonds. The lowest BCUT2D eigenvalue weighted by Gasteiger charge is -2.17. The van der Waals surface area contributed by atoms with E-state index in [2.05, 4.69) is 57.4 Å². The van der Waals surface area contributed by atoms with Crippen molar-refractivity contribution in [2.75, 3.05) is 5.32 Å². The fourth-order valence-corrected chi connectivity index (χ4v) is 2.35. The third-order valence-corrected chi connectivity index (χ3v) is 3.44. The second-order valence-corrected chi connectivity index (χ2v) is 5.42. The van der Waals surface area contributed by atoms with Crippen molar-refractivity contribution in [2.24, 2.45) is 0 Å². The second kappa shape index (κ2) is 5.53. The number of hydrogen-bond acceptors (Lipinski definition) is 2. The molecule has 0 saturated heterocycles. The Morgan fingerprint density at radius 3 is 2.61 bits per heavy atom. The zero-order valence-corrected chi connectivity index (χ0v) is 12.5. The molecule has 1 aromatic carbocycles. The fraction of sp³-hybridized carbons (Fsp3) is 0.267. The summed E-state index contributed by atoms with van der Waals surface area (Å²) in [5.74, 6) is 0. The van der Waals surface area contributed by atoms with Crippen molar-refractivity contribution >= 4 is 21.6 Å². The highest BCUT2D eigenvalue weighted by Crippen LogP contribution is 2.23. The van der Waals surface area contributed by atoms with Crippen LogP contribution in [0.3, 0.4) is 0 Å². The Hall–Kier alpha value is -1.35. The number of aryl methyl sites for hydroxylation is 2. The van der Waals surface area contributed by atoms with Crippen molar-refractivity contribution in [3.63, 3.8) is 0 Å². The molecule has 1 unspecified atom stereocenters. The molecule has 1 heterocycles. The van der Waals surface area contributed by atoms with Gasteiger partial charge < -0.3 is 5.32 Å². The van der Waals surface area contributed by atoms with E-state index in [4.69, 9.17) is 0 Å². The van der Waals surface area contributed by atoms with Gasteiger partial charge in [-0.2, -0.15) is 0 Å². The van der Waals surface area contributed by atoms with Crippen LogP contribution in [0, 0.1) is 13.8 Å². The summed E-state index contributed by atoms with van der Waals surface area (Å²) >= 11 is 3.50. The van der Waals surface area contributed by atoms with Gasteiger partial charge in [-0.15, -0.1) is 0 Å². The predicted octanol–water partition coefficient (Wildman–Crippen LogP) is 4.63. The zero-order valence-electron chi connectivity index (χ0n) is 10.9. The van der Waals surface area contributed by atoms with E-state index < -0.39 is 0 Å². The molecule has 1 aromatic heterocycles. The van der Waals surface area contributed by atoms with E-state index in [9.17, 15) is 0 Å². The lowest BCUT2D eigenvalue weighted by atomic mass is 10.1. The maximum absolute atomic E-state index is 4.47. The first-order chi connectivity index (χ1) is 8.56. The molecule has 0 aliphatic rings. The summed E-state index contributed by atoms with van der Waals surface area (Å²) in [6.45, 7) is 6.19. The van der Waals surface area contributed by atoms with E-state index in [1.165, 1.54) is 5.56 Å². The van der Waals surface area contributed by atoms with Crippen molar-refractivity contribution in [3.8, 4) is 0 Å². The first-order valence-electron chi connectivity index (χ1n) is 6.02. The molecular weight excluding hydrogens is 288 g/mol. The van der Waals surface area contributed by atoms with E-state index in [1.54, 1.807) is 0 Å². The monoisotopic (exact) mass is 304 g/mol. The van der Waals surface area contributed by atoms with Crippen LogP contribution in [0.4, 0.5) is 5.69 Å². The van der Waals surface area contributed by atoms with Gasteiger partial charge in [-0.25, -0.2) is 0 Å². The van der Waals surface area contributed by atoms with Gasteiger partial charge in [-0.05, 0) is 50.6 Å². The summed E-state index contributed by atoms with van der Waals surface area (Å²) in [7, 11) is 0. The number of rotatable bonds is 3. The molecule has 0 bridgehead atoms. The summed E-state index contributed by atoms with van der Waals surface area (Å²) in [5, 5.41) is 3.50. The largest absolute Gasteiger partial charge is 0.377 e. The van der Waals surface area contributed by atoms with Crippen LogP contribution < -0.4 is 5.32 Å². The summed E-state index contributed by atoms with van der Waals surface area (Å²) in [6.07, 6.45) is 0. The van der Waals surface area contributed by atoms with Gasteiger partial charge in [0.05, 0.1) is 11.4 Å². The molecular formula is C15H17BrN2. The van der Waals surface area contributed by atoms with Crippen LogP contribution in [-0.4, -0.2) is 4.98 Å². The van der Waals surface area contributed by atoms with Crippen LogP contribution in [-0.2, 0) is 0 Å². The van der Waals surface area contributed by atoms with Crippen LogP contribution in [0.15, 0.2) is 40.9 Å². The molecule has 3 heteroatoms. The topological polar surface area (TPSA) is 24.9 Å². The number of aromatic nitrogens is 1. The SMILES string of the molecule is Cc1ccc(NC(C)c2cccc(Br)c2)c(C)n1. The number of nitrogens with zero attached hydrogens (tertiary/aromatic N) is 1. The van der Waals surface area contributed by atoms with Gasteiger partial charge >= 0.3 is 0 Å². The quantitative estimate of drug-likeness (QED) is 0.894. The minimum atomic E-state index is 0.255. The molecule has 2 aromatic rings. The Bertz CT molecular complexity index is 552. The Morgan fingerprint density at radius 1 is 1.17 bits per heavy atom. The second-order valence-electron chi connectivity index (χ2n) is 4.51. The van der Waals surface area contributed by atoms with Gasteiger partial charge in [0.15, 0.2) is 0 Å². The van der Waals surface area contributed by atoms with E-state index in [-0.39, 0.29) is 6.04 Å². The maximum atomic E-state index is 4.47. The van der Waals surface area contributed by atoms with E-state index in [0.29, 0.717) is 0 Å². The molecule has 2 nitrogen and oxygen atoms in total. The molecule has 1 atom stereocenters. The third kappa shape index (κ3) is 3.10. The van der Waals surface area contributed by atoms with Crippen LogP contribution in [0.1, 0.15) is 29.9 Å². The molecule has 0 saturated carbocycles. The van der Waals surface area contributed by atoms with Gasteiger partial charge in [-0.3, -0.25) is 4.98 Å². The van der Waals surface area contributed by atoms with Crippen molar-refractivity contribution < 1.29 is 0 Å². The average Bonchev–Trinajstić information content (AvgIpc) is 2.32. The summed E-state index contributed by atoms with van der Waals surface area (Å²) in [6, 6.07) is 12.7. The molecule has 0 aliphatic heterocycles. The normalized spacial score (nSPS) is 12.2. The highest BCUT2D eigenvalue weighted by Gasteiger charge is 2.07. The van der Waals surface area contributed by atoms with Crippen LogP contribution in [0.2, 0.25) is 0 Å². The molecule has 0 spiro atoms. The van der Waals surface area contributed by atoms with Gasteiger partial charge in [0, 0.05) is 16.2 Å². The van der Waals surface area contributed by atoms with Crippen molar-refractivity contribution in [2.45, 2.75) is 26.8 Å². The minimum Gasteiger partial charge on any atom is -0.377 e. The highest BCUT2D eigenvalue weighted by molar-refractivity contribution is 9.10. The molecule has 94 valence electrons. The highest BCUT2D eigenvalue weighted by atomic mass is 79.9. The molecule has 0 aliphatic carbocycles. The van der Waals surface area contributed by atoms with Gasteiger partial charge in [-0.1, -0.05) is 28.1 Å². The maximum Gasteiger partial charge on any atom is 0.0607 e. The molecule has 0 fully saturated rings. The Balaban J connectivity index is 2.18. The predicted molar refractivity (Wildman–Crippen MR) is 79.9 cm³/mol. The van der Waals surface area contributed by atoms with Crippen molar-refractivity contribution in [3.05, 3.63) is 57.8 Å². The minimum absolute atomic E-state index is 0.255. The smallest absolute Gasteiger partial charge is 0.0607 e. The number of anilines is 1. The van der Waals surface area contributed by atoms with Crippen LogP contribution >= 0.6 is 15.9 Å². The fourth-order valence-electron chi connectivity index (χ4n) is 1.93. The first kappa shape index (κ1) is 13.1. The Labute approximate surface area is 117 Å². The van der Waals surface area contributed by atoms with Gasteiger partial charge in [0.1, 0.15) is 0 Å². The third-order valence-electron chi connectivity index (χ3n) is 2.95. The van der Waals surface area contributed by atoms with E-state index >= 15 is 0 Å². The summed E-state index contributed by atoms with van der Waals surface area (Å²) in [4.78, 5) is 4.47. The van der Waals surface area contributed by atoms with Crippen LogP contribution in [0.25, 0.3) is 0 Å². The number of pyridine rings is 1. The summed E-state index contributed by atoms with van der Waals surface area (Å²) in [5.41, 5.74) is 4.43. The standard InChI is InChI=1S/C15H17BrN2/c1-10-7-8-15(12(3)17-10)18-11(2)13-5-4-6-14(16)9-13/h4-9,11,18H,1-3H3. The molecule has 18 heavy (non-hydrogen) atoms. The van der Waals surface area contributed by atoms with E-state index in [0.717, 1.165) is 21.5 Å². The number of benzene rings is 1. The number of halogens is 1. The van der Waals surface area contributed by atoms with Crippen molar-refractivity contribution in [1.29, 1.82) is 0 Å². The Morgan fingerprint density at radius 2 is 1.94 bits per heavy atom. The van der Waals surface area contributed by atoms with Gasteiger partial charge in [0.25, 0.3) is 0 Å². The van der Waals surface area contributed by atoms with Crippen molar-refractivity contribution in [1.82, 2.24) is 4.98 Å². The van der Waals surface area contributed by atoms with Crippen LogP contribution in [0.5, 0.6) is 0 Å². The van der Waals surface area contributed by atoms with Gasteiger partial charge in [0.2, 0.25) is 0 Å². The molecule has 1 N–H and O–H groups in total. The summed E-state index contributed by atoms with van der Waals surface area (Å²) < 4.78 is 1.10. The Kier molecular flexibility index (Phi) is 4.02.